The van der Waals surface area contributed by atoms with E-state index in [1.54, 1.807) is 13.2 Å². The molecule has 25 heavy (non-hydrogen) atoms. The van der Waals surface area contributed by atoms with E-state index >= 15 is 0 Å². The van der Waals surface area contributed by atoms with E-state index in [1.165, 1.54) is 10.8 Å². The molecule has 0 bridgehead atoms. The number of aromatic nitrogens is 4. The lowest BCUT2D eigenvalue weighted by Gasteiger charge is -2.17. The van der Waals surface area contributed by atoms with Crippen LogP contribution in [0.25, 0.3) is 0 Å². The Labute approximate surface area is 143 Å². The second-order valence-corrected chi connectivity index (χ2v) is 6.82. The minimum atomic E-state index is -0.437. The molecule has 3 N–H and O–H groups in total. The SMILES string of the molecule is Cn1cc(C(=O)NC2(CNC(=O)c3cnc4n3CCC4)CC2)[nH]c1=O. The highest BCUT2D eigenvalue weighted by Crippen LogP contribution is 2.35. The Morgan fingerprint density at radius 1 is 1.36 bits per heavy atom. The molecule has 2 aromatic heterocycles. The van der Waals surface area contributed by atoms with Crippen LogP contribution < -0.4 is 16.3 Å². The number of imidazole rings is 2. The Bertz CT molecular complexity index is 901. The summed E-state index contributed by atoms with van der Waals surface area (Å²) in [5.74, 6) is 0.441. The van der Waals surface area contributed by atoms with Gasteiger partial charge in [0.1, 0.15) is 17.2 Å². The second-order valence-electron chi connectivity index (χ2n) is 6.82. The molecule has 0 saturated heterocycles. The molecule has 132 valence electrons. The third kappa shape index (κ3) is 2.86. The average molecular weight is 344 g/mol. The first-order valence-electron chi connectivity index (χ1n) is 8.38. The highest BCUT2D eigenvalue weighted by atomic mass is 16.2. The molecule has 1 saturated carbocycles. The highest BCUT2D eigenvalue weighted by Gasteiger charge is 2.44. The standard InChI is InChI=1S/C16H20N6O3/c1-21-8-10(19-15(21)25)13(23)20-16(4-5-16)9-18-14(24)11-7-17-12-3-2-6-22(11)12/h7-8H,2-6,9H2,1H3,(H,18,24)(H,19,25)(H,20,23). The van der Waals surface area contributed by atoms with E-state index in [4.69, 9.17) is 0 Å². The van der Waals surface area contributed by atoms with Gasteiger partial charge in [-0.2, -0.15) is 0 Å². The van der Waals surface area contributed by atoms with Crippen LogP contribution in [-0.4, -0.2) is 43.0 Å². The van der Waals surface area contributed by atoms with Crippen LogP contribution >= 0.6 is 0 Å². The lowest BCUT2D eigenvalue weighted by Crippen LogP contribution is -2.46. The fourth-order valence-corrected chi connectivity index (χ4v) is 3.19. The number of aromatic amines is 1. The van der Waals surface area contributed by atoms with E-state index in [1.807, 2.05) is 4.57 Å². The first-order valence-corrected chi connectivity index (χ1v) is 8.38. The maximum Gasteiger partial charge on any atom is 0.325 e. The second kappa shape index (κ2) is 5.61. The Balaban J connectivity index is 1.38. The molecule has 0 spiro atoms. The van der Waals surface area contributed by atoms with Crippen molar-refractivity contribution >= 4 is 11.8 Å². The molecule has 0 radical (unpaired) electrons. The minimum Gasteiger partial charge on any atom is -0.348 e. The Kier molecular flexibility index (Phi) is 3.52. The molecule has 0 aromatic carbocycles. The van der Waals surface area contributed by atoms with Crippen LogP contribution in [0, 0.1) is 0 Å². The maximum absolute atomic E-state index is 12.4. The summed E-state index contributed by atoms with van der Waals surface area (Å²) in [5, 5.41) is 5.82. The van der Waals surface area contributed by atoms with Gasteiger partial charge in [-0.1, -0.05) is 0 Å². The number of amides is 2. The lowest BCUT2D eigenvalue weighted by atomic mass is 10.2. The number of hydrogen-bond donors (Lipinski definition) is 3. The van der Waals surface area contributed by atoms with Crippen LogP contribution in [-0.2, 0) is 20.0 Å². The van der Waals surface area contributed by atoms with Crippen LogP contribution in [0.2, 0.25) is 0 Å². The number of aryl methyl sites for hydroxylation is 2. The minimum absolute atomic E-state index is 0.172. The van der Waals surface area contributed by atoms with E-state index in [0.29, 0.717) is 12.2 Å². The fourth-order valence-electron chi connectivity index (χ4n) is 3.19. The Hall–Kier alpha value is -2.84. The van der Waals surface area contributed by atoms with Crippen LogP contribution in [0.5, 0.6) is 0 Å². The summed E-state index contributed by atoms with van der Waals surface area (Å²) >= 11 is 0. The summed E-state index contributed by atoms with van der Waals surface area (Å²) in [6, 6.07) is 0. The van der Waals surface area contributed by atoms with Gasteiger partial charge in [0.15, 0.2) is 0 Å². The van der Waals surface area contributed by atoms with Crippen molar-refractivity contribution in [1.82, 2.24) is 29.7 Å². The first kappa shape index (κ1) is 15.7. The molecule has 2 aromatic rings. The number of carbonyl (C=O) groups excluding carboxylic acids is 2. The normalized spacial score (nSPS) is 17.2. The Morgan fingerprint density at radius 2 is 2.16 bits per heavy atom. The first-order chi connectivity index (χ1) is 12.0. The summed E-state index contributed by atoms with van der Waals surface area (Å²) in [7, 11) is 1.58. The predicted molar refractivity (Wildman–Crippen MR) is 88.3 cm³/mol. The van der Waals surface area contributed by atoms with Gasteiger partial charge >= 0.3 is 5.69 Å². The number of nitrogens with one attached hydrogen (secondary N) is 3. The molecule has 1 fully saturated rings. The monoisotopic (exact) mass is 344 g/mol. The molecular formula is C16H20N6O3. The van der Waals surface area contributed by atoms with E-state index in [-0.39, 0.29) is 23.2 Å². The van der Waals surface area contributed by atoms with E-state index in [0.717, 1.165) is 38.1 Å². The average Bonchev–Trinajstić information content (AvgIpc) is 2.90. The summed E-state index contributed by atoms with van der Waals surface area (Å²) in [5.41, 5.74) is 0.0199. The van der Waals surface area contributed by atoms with Gasteiger partial charge in [-0.15, -0.1) is 0 Å². The van der Waals surface area contributed by atoms with Gasteiger partial charge < -0.3 is 24.8 Å². The van der Waals surface area contributed by atoms with Crippen molar-refractivity contribution in [2.75, 3.05) is 6.54 Å². The van der Waals surface area contributed by atoms with Crippen molar-refractivity contribution in [1.29, 1.82) is 0 Å². The van der Waals surface area contributed by atoms with Crippen molar-refractivity contribution in [3.05, 3.63) is 40.1 Å². The summed E-state index contributed by atoms with van der Waals surface area (Å²) in [6.07, 6.45) is 6.57. The predicted octanol–water partition coefficient (Wildman–Crippen LogP) is -0.451. The van der Waals surface area contributed by atoms with Gasteiger partial charge in [-0.25, -0.2) is 9.78 Å². The number of carbonyl (C=O) groups is 2. The van der Waals surface area contributed by atoms with E-state index in [2.05, 4.69) is 20.6 Å². The zero-order valence-corrected chi connectivity index (χ0v) is 14.0. The Morgan fingerprint density at radius 3 is 2.84 bits per heavy atom. The summed E-state index contributed by atoms with van der Waals surface area (Å²) in [6.45, 7) is 1.18. The van der Waals surface area contributed by atoms with Gasteiger partial charge in [-0.3, -0.25) is 9.59 Å². The van der Waals surface area contributed by atoms with Crippen molar-refractivity contribution in [3.63, 3.8) is 0 Å². The molecule has 9 nitrogen and oxygen atoms in total. The molecule has 9 heteroatoms. The topological polar surface area (TPSA) is 114 Å². The molecule has 1 aliphatic heterocycles. The van der Waals surface area contributed by atoms with Crippen LogP contribution in [0.3, 0.4) is 0 Å². The van der Waals surface area contributed by atoms with Gasteiger partial charge in [0.25, 0.3) is 11.8 Å². The summed E-state index contributed by atoms with van der Waals surface area (Å²) in [4.78, 5) is 42.9. The fraction of sp³-hybridized carbons (Fsp3) is 0.500. The number of fused-ring (bicyclic) bond motifs is 1. The number of rotatable bonds is 5. The third-order valence-corrected chi connectivity index (χ3v) is 4.90. The molecule has 1 aliphatic carbocycles. The number of nitrogens with zero attached hydrogens (tertiary/aromatic N) is 3. The molecule has 0 atom stereocenters. The largest absolute Gasteiger partial charge is 0.348 e. The number of hydrogen-bond acceptors (Lipinski definition) is 4. The van der Waals surface area contributed by atoms with Crippen LogP contribution in [0.15, 0.2) is 17.2 Å². The molecule has 3 heterocycles. The third-order valence-electron chi connectivity index (χ3n) is 4.90. The lowest BCUT2D eigenvalue weighted by molar-refractivity contribution is 0.0896. The van der Waals surface area contributed by atoms with Crippen molar-refractivity contribution in [2.45, 2.75) is 37.8 Å². The van der Waals surface area contributed by atoms with E-state index < -0.39 is 5.54 Å². The van der Waals surface area contributed by atoms with Gasteiger partial charge in [0.05, 0.1) is 11.7 Å². The van der Waals surface area contributed by atoms with Crippen molar-refractivity contribution < 1.29 is 9.59 Å². The molecule has 0 unspecified atom stereocenters. The smallest absolute Gasteiger partial charge is 0.325 e. The molecule has 2 amide bonds. The van der Waals surface area contributed by atoms with Crippen molar-refractivity contribution in [3.8, 4) is 0 Å². The molecule has 2 aliphatic rings. The van der Waals surface area contributed by atoms with Gasteiger partial charge in [0.2, 0.25) is 0 Å². The quantitative estimate of drug-likeness (QED) is 0.681. The molecule has 4 rings (SSSR count). The van der Waals surface area contributed by atoms with Crippen LogP contribution in [0.1, 0.15) is 46.1 Å². The van der Waals surface area contributed by atoms with Crippen LogP contribution in [0.4, 0.5) is 0 Å². The van der Waals surface area contributed by atoms with Crippen molar-refractivity contribution in [2.24, 2.45) is 7.05 Å². The highest BCUT2D eigenvalue weighted by molar-refractivity contribution is 5.94. The zero-order chi connectivity index (χ0) is 17.6. The number of H-pyrrole nitrogens is 1. The summed E-state index contributed by atoms with van der Waals surface area (Å²) < 4.78 is 3.26. The molecular weight excluding hydrogens is 324 g/mol. The zero-order valence-electron chi connectivity index (χ0n) is 14.0. The van der Waals surface area contributed by atoms with Gasteiger partial charge in [0, 0.05) is 32.8 Å². The van der Waals surface area contributed by atoms with Gasteiger partial charge in [-0.05, 0) is 19.3 Å². The van der Waals surface area contributed by atoms with E-state index in [9.17, 15) is 14.4 Å². The maximum atomic E-state index is 12.4.